The van der Waals surface area contributed by atoms with Crippen molar-refractivity contribution in [2.24, 2.45) is 0 Å². The van der Waals surface area contributed by atoms with Crippen molar-refractivity contribution in [2.75, 3.05) is 13.1 Å². The standard InChI is InChI=1S/C17H18ClN3O2/c1-12-7-8-13(11-21-12)16(22)19-9-4-10-20-17(23)14-5-2-3-6-15(14)18/h2-3,5-8,11H,4,9-10H2,1H3,(H,19,22)(H,20,23). The van der Waals surface area contributed by atoms with Crippen LogP contribution in [0.15, 0.2) is 42.6 Å². The van der Waals surface area contributed by atoms with E-state index in [1.807, 2.05) is 6.92 Å². The summed E-state index contributed by atoms with van der Waals surface area (Å²) in [5, 5.41) is 5.98. The lowest BCUT2D eigenvalue weighted by Gasteiger charge is -2.08. The van der Waals surface area contributed by atoms with Crippen molar-refractivity contribution in [3.05, 3.63) is 64.4 Å². The van der Waals surface area contributed by atoms with Crippen LogP contribution in [0.4, 0.5) is 0 Å². The number of amides is 2. The minimum atomic E-state index is -0.218. The van der Waals surface area contributed by atoms with Crippen molar-refractivity contribution >= 4 is 23.4 Å². The van der Waals surface area contributed by atoms with Crippen molar-refractivity contribution in [3.8, 4) is 0 Å². The fourth-order valence-corrected chi connectivity index (χ4v) is 2.16. The Morgan fingerprint density at radius 1 is 1.04 bits per heavy atom. The molecule has 2 N–H and O–H groups in total. The predicted octanol–water partition coefficient (Wildman–Crippen LogP) is 2.59. The van der Waals surface area contributed by atoms with Crippen LogP contribution in [0.5, 0.6) is 0 Å². The van der Waals surface area contributed by atoms with Crippen molar-refractivity contribution in [2.45, 2.75) is 13.3 Å². The van der Waals surface area contributed by atoms with Crippen LogP contribution in [0, 0.1) is 6.92 Å². The molecular weight excluding hydrogens is 314 g/mol. The molecule has 0 saturated carbocycles. The van der Waals surface area contributed by atoms with Gasteiger partial charge in [-0.05, 0) is 37.6 Å². The maximum Gasteiger partial charge on any atom is 0.252 e. The molecule has 0 radical (unpaired) electrons. The molecular formula is C17H18ClN3O2. The molecule has 2 amide bonds. The van der Waals surface area contributed by atoms with E-state index in [4.69, 9.17) is 11.6 Å². The third kappa shape index (κ3) is 5.07. The molecule has 120 valence electrons. The number of nitrogens with one attached hydrogen (secondary N) is 2. The van der Waals surface area contributed by atoms with E-state index in [-0.39, 0.29) is 11.8 Å². The molecule has 0 atom stereocenters. The summed E-state index contributed by atoms with van der Waals surface area (Å²) >= 11 is 5.96. The second kappa shape index (κ2) is 8.29. The van der Waals surface area contributed by atoms with Crippen molar-refractivity contribution in [1.29, 1.82) is 0 Å². The average Bonchev–Trinajstić information content (AvgIpc) is 2.55. The molecule has 0 spiro atoms. The summed E-state index contributed by atoms with van der Waals surface area (Å²) in [4.78, 5) is 27.9. The third-order valence-electron chi connectivity index (χ3n) is 3.22. The zero-order chi connectivity index (χ0) is 16.7. The lowest BCUT2D eigenvalue weighted by atomic mass is 10.2. The van der Waals surface area contributed by atoms with Crippen LogP contribution in [-0.2, 0) is 0 Å². The number of aromatic nitrogens is 1. The van der Waals surface area contributed by atoms with E-state index in [0.29, 0.717) is 35.7 Å². The number of hydrogen-bond donors (Lipinski definition) is 2. The lowest BCUT2D eigenvalue weighted by molar-refractivity contribution is 0.0951. The van der Waals surface area contributed by atoms with Crippen molar-refractivity contribution in [3.63, 3.8) is 0 Å². The molecule has 2 aromatic rings. The molecule has 1 aromatic carbocycles. The Labute approximate surface area is 140 Å². The van der Waals surface area contributed by atoms with Gasteiger partial charge in [0.2, 0.25) is 0 Å². The van der Waals surface area contributed by atoms with Crippen LogP contribution in [0.25, 0.3) is 0 Å². The van der Waals surface area contributed by atoms with Gasteiger partial charge in [-0.25, -0.2) is 0 Å². The van der Waals surface area contributed by atoms with Gasteiger partial charge in [-0.1, -0.05) is 23.7 Å². The highest BCUT2D eigenvalue weighted by molar-refractivity contribution is 6.33. The Bertz CT molecular complexity index is 686. The maximum atomic E-state index is 11.9. The molecule has 5 nitrogen and oxygen atoms in total. The quantitative estimate of drug-likeness (QED) is 0.799. The van der Waals surface area contributed by atoms with Gasteiger partial charge in [-0.15, -0.1) is 0 Å². The summed E-state index contributed by atoms with van der Waals surface area (Å²) in [5.74, 6) is -0.389. The zero-order valence-electron chi connectivity index (χ0n) is 12.8. The molecule has 0 saturated heterocycles. The van der Waals surface area contributed by atoms with Crippen molar-refractivity contribution in [1.82, 2.24) is 15.6 Å². The summed E-state index contributed by atoms with van der Waals surface area (Å²) in [6.07, 6.45) is 2.17. The number of hydrogen-bond acceptors (Lipinski definition) is 3. The SMILES string of the molecule is Cc1ccc(C(=O)NCCCNC(=O)c2ccccc2Cl)cn1. The van der Waals surface area contributed by atoms with Gasteiger partial charge >= 0.3 is 0 Å². The number of carbonyl (C=O) groups is 2. The van der Waals surface area contributed by atoms with Crippen LogP contribution in [0.1, 0.15) is 32.8 Å². The van der Waals surface area contributed by atoms with E-state index < -0.39 is 0 Å². The summed E-state index contributed by atoms with van der Waals surface area (Å²) in [7, 11) is 0. The van der Waals surface area contributed by atoms with Crippen molar-refractivity contribution < 1.29 is 9.59 Å². The molecule has 6 heteroatoms. The molecule has 0 unspecified atom stereocenters. The minimum absolute atomic E-state index is 0.171. The number of benzene rings is 1. The number of pyridine rings is 1. The average molecular weight is 332 g/mol. The number of aryl methyl sites for hydroxylation is 1. The highest BCUT2D eigenvalue weighted by atomic mass is 35.5. The molecule has 0 aliphatic carbocycles. The van der Waals surface area contributed by atoms with Gasteiger partial charge in [0.15, 0.2) is 0 Å². The number of carbonyl (C=O) groups excluding carboxylic acids is 2. The molecule has 2 rings (SSSR count). The molecule has 0 bridgehead atoms. The smallest absolute Gasteiger partial charge is 0.252 e. The Morgan fingerprint density at radius 3 is 2.39 bits per heavy atom. The number of nitrogens with zero attached hydrogens (tertiary/aromatic N) is 1. The zero-order valence-corrected chi connectivity index (χ0v) is 13.6. The summed E-state index contributed by atoms with van der Waals surface area (Å²) < 4.78 is 0. The van der Waals surface area contributed by atoms with Gasteiger partial charge in [-0.2, -0.15) is 0 Å². The first kappa shape index (κ1) is 17.0. The summed E-state index contributed by atoms with van der Waals surface area (Å²) in [6, 6.07) is 10.4. The maximum absolute atomic E-state index is 11.9. The Hall–Kier alpha value is -2.40. The minimum Gasteiger partial charge on any atom is -0.352 e. The van der Waals surface area contributed by atoms with E-state index in [9.17, 15) is 9.59 Å². The first-order valence-electron chi connectivity index (χ1n) is 7.31. The normalized spacial score (nSPS) is 10.2. The lowest BCUT2D eigenvalue weighted by Crippen LogP contribution is -2.30. The van der Waals surface area contributed by atoms with Gasteiger partial charge in [0, 0.05) is 25.0 Å². The van der Waals surface area contributed by atoms with E-state index >= 15 is 0 Å². The van der Waals surface area contributed by atoms with Gasteiger partial charge in [0.05, 0.1) is 16.1 Å². The van der Waals surface area contributed by atoms with Crippen LogP contribution in [0.3, 0.4) is 0 Å². The van der Waals surface area contributed by atoms with E-state index in [0.717, 1.165) is 5.69 Å². The first-order valence-corrected chi connectivity index (χ1v) is 7.69. The van der Waals surface area contributed by atoms with E-state index in [1.54, 1.807) is 42.6 Å². The van der Waals surface area contributed by atoms with E-state index in [2.05, 4.69) is 15.6 Å². The molecule has 23 heavy (non-hydrogen) atoms. The topological polar surface area (TPSA) is 71.1 Å². The second-order valence-electron chi connectivity index (χ2n) is 5.03. The fourth-order valence-electron chi connectivity index (χ4n) is 1.94. The Balaban J connectivity index is 1.70. The third-order valence-corrected chi connectivity index (χ3v) is 3.55. The first-order chi connectivity index (χ1) is 11.1. The fraction of sp³-hybridized carbons (Fsp3) is 0.235. The van der Waals surface area contributed by atoms with Gasteiger partial charge in [0.25, 0.3) is 11.8 Å². The van der Waals surface area contributed by atoms with Crippen LogP contribution in [0.2, 0.25) is 5.02 Å². The molecule has 1 heterocycles. The predicted molar refractivity (Wildman–Crippen MR) is 89.7 cm³/mol. The van der Waals surface area contributed by atoms with Gasteiger partial charge in [-0.3, -0.25) is 14.6 Å². The van der Waals surface area contributed by atoms with Crippen LogP contribution < -0.4 is 10.6 Å². The molecule has 1 aromatic heterocycles. The number of rotatable bonds is 6. The van der Waals surface area contributed by atoms with Crippen LogP contribution in [-0.4, -0.2) is 29.9 Å². The van der Waals surface area contributed by atoms with Crippen LogP contribution >= 0.6 is 11.6 Å². The molecule has 0 fully saturated rings. The second-order valence-corrected chi connectivity index (χ2v) is 5.44. The Kier molecular flexibility index (Phi) is 6.11. The van der Waals surface area contributed by atoms with Gasteiger partial charge in [0.1, 0.15) is 0 Å². The Morgan fingerprint density at radius 2 is 1.74 bits per heavy atom. The molecule has 0 aliphatic rings. The highest BCUT2D eigenvalue weighted by Gasteiger charge is 2.08. The largest absolute Gasteiger partial charge is 0.352 e. The summed E-state index contributed by atoms with van der Waals surface area (Å²) in [6.45, 7) is 2.79. The monoisotopic (exact) mass is 331 g/mol. The highest BCUT2D eigenvalue weighted by Crippen LogP contribution is 2.14. The molecule has 0 aliphatic heterocycles. The van der Waals surface area contributed by atoms with Gasteiger partial charge < -0.3 is 10.6 Å². The summed E-state index contributed by atoms with van der Waals surface area (Å²) in [5.41, 5.74) is 1.84. The number of halogens is 1. The van der Waals surface area contributed by atoms with E-state index in [1.165, 1.54) is 0 Å².